The Morgan fingerprint density at radius 3 is 3.04 bits per heavy atom. The lowest BCUT2D eigenvalue weighted by Gasteiger charge is -2.34. The Bertz CT molecular complexity index is 482. The van der Waals surface area contributed by atoms with E-state index in [4.69, 9.17) is 9.73 Å². The molecule has 0 radical (unpaired) electrons. The summed E-state index contributed by atoms with van der Waals surface area (Å²) in [5.74, 6) is 2.16. The third-order valence-electron chi connectivity index (χ3n) is 3.57. The Balaban J connectivity index is 0.00000264. The van der Waals surface area contributed by atoms with Crippen molar-refractivity contribution in [1.29, 1.82) is 0 Å². The lowest BCUT2D eigenvalue weighted by atomic mass is 10.1. The molecular weight excluding hydrogens is 425 g/mol. The van der Waals surface area contributed by atoms with Crippen molar-refractivity contribution in [2.45, 2.75) is 19.4 Å². The topological polar surface area (TPSA) is 54.7 Å². The number of thioether (sulfide) groups is 1. The summed E-state index contributed by atoms with van der Waals surface area (Å²) in [6.07, 6.45) is 7.23. The van der Waals surface area contributed by atoms with Gasteiger partial charge in [0.05, 0.1) is 19.3 Å². The molecule has 1 aliphatic heterocycles. The first-order valence-corrected chi connectivity index (χ1v) is 9.26. The second-order valence-electron chi connectivity index (χ2n) is 5.33. The van der Waals surface area contributed by atoms with Crippen LogP contribution < -0.4 is 5.32 Å². The van der Waals surface area contributed by atoms with Crippen molar-refractivity contribution in [2.75, 3.05) is 44.8 Å². The van der Waals surface area contributed by atoms with Crippen LogP contribution in [0.1, 0.15) is 25.0 Å². The molecule has 0 aromatic carbocycles. The number of halogens is 1. The van der Waals surface area contributed by atoms with Crippen LogP contribution in [0, 0.1) is 0 Å². The van der Waals surface area contributed by atoms with Gasteiger partial charge in [-0.15, -0.1) is 24.0 Å². The van der Waals surface area contributed by atoms with Gasteiger partial charge in [0.15, 0.2) is 5.96 Å². The van der Waals surface area contributed by atoms with E-state index in [9.17, 15) is 0 Å². The molecule has 6 nitrogen and oxygen atoms in total. The highest BCUT2D eigenvalue weighted by Crippen LogP contribution is 2.21. The molecule has 0 bridgehead atoms. The zero-order valence-electron chi connectivity index (χ0n) is 14.2. The summed E-state index contributed by atoms with van der Waals surface area (Å²) >= 11 is 1.87. The first-order valence-electron chi connectivity index (χ1n) is 7.87. The van der Waals surface area contributed by atoms with Gasteiger partial charge in [0.1, 0.15) is 6.10 Å². The molecule has 0 saturated carbocycles. The Morgan fingerprint density at radius 2 is 2.39 bits per heavy atom. The van der Waals surface area contributed by atoms with Crippen LogP contribution in [0.3, 0.4) is 0 Å². The third kappa shape index (κ3) is 6.50. The van der Waals surface area contributed by atoms with Gasteiger partial charge in [0.2, 0.25) is 0 Å². The second-order valence-corrected chi connectivity index (χ2v) is 6.32. The average molecular weight is 453 g/mol. The number of rotatable bonds is 6. The fraction of sp³-hybridized carbons (Fsp3) is 0.733. The predicted molar refractivity (Wildman–Crippen MR) is 108 cm³/mol. The van der Waals surface area contributed by atoms with Crippen molar-refractivity contribution in [2.24, 2.45) is 12.0 Å². The van der Waals surface area contributed by atoms with E-state index in [1.807, 2.05) is 35.9 Å². The van der Waals surface area contributed by atoms with Crippen LogP contribution in [0.25, 0.3) is 0 Å². The van der Waals surface area contributed by atoms with Crippen LogP contribution in [-0.2, 0) is 11.8 Å². The molecule has 0 amide bonds. The normalized spacial score (nSPS) is 18.7. The summed E-state index contributed by atoms with van der Waals surface area (Å²) in [6.45, 7) is 6.28. The Morgan fingerprint density at radius 1 is 1.57 bits per heavy atom. The maximum absolute atomic E-state index is 5.90. The third-order valence-corrected chi connectivity index (χ3v) is 4.26. The maximum Gasteiger partial charge on any atom is 0.194 e. The molecule has 8 heteroatoms. The van der Waals surface area contributed by atoms with Crippen molar-refractivity contribution in [3.8, 4) is 0 Å². The SMILES string of the molecule is CCNC(=NCCCSC)N1CCOC(c2cnn(C)c2)C1.I. The van der Waals surface area contributed by atoms with Gasteiger partial charge in [0, 0.05) is 38.4 Å². The summed E-state index contributed by atoms with van der Waals surface area (Å²) < 4.78 is 7.72. The molecule has 0 spiro atoms. The van der Waals surface area contributed by atoms with Crippen molar-refractivity contribution in [3.05, 3.63) is 18.0 Å². The average Bonchev–Trinajstić information content (AvgIpc) is 2.97. The van der Waals surface area contributed by atoms with E-state index in [0.29, 0.717) is 0 Å². The Kier molecular flexibility index (Phi) is 9.96. The number of aryl methyl sites for hydroxylation is 1. The van der Waals surface area contributed by atoms with E-state index < -0.39 is 0 Å². The highest BCUT2D eigenvalue weighted by atomic mass is 127. The molecule has 2 rings (SSSR count). The molecule has 23 heavy (non-hydrogen) atoms. The second kappa shape index (κ2) is 11.1. The highest BCUT2D eigenvalue weighted by Gasteiger charge is 2.24. The molecule has 0 aliphatic carbocycles. The summed E-state index contributed by atoms with van der Waals surface area (Å²) in [5.41, 5.74) is 1.13. The molecule has 1 atom stereocenters. The Hall–Kier alpha value is -0.480. The van der Waals surface area contributed by atoms with Crippen molar-refractivity contribution in [1.82, 2.24) is 20.0 Å². The standard InChI is InChI=1S/C15H27N5OS.HI/c1-4-16-15(17-6-5-9-22-3)20-7-8-21-14(12-20)13-10-18-19(2)11-13;/h10-11,14H,4-9,12H2,1-3H3,(H,16,17);1H. The molecule has 1 N–H and O–H groups in total. The van der Waals surface area contributed by atoms with Crippen LogP contribution in [0.4, 0.5) is 0 Å². The number of ether oxygens (including phenoxy) is 1. The van der Waals surface area contributed by atoms with E-state index in [2.05, 4.69) is 28.5 Å². The fourth-order valence-corrected chi connectivity index (χ4v) is 2.89. The predicted octanol–water partition coefficient (Wildman–Crippen LogP) is 2.13. The van der Waals surface area contributed by atoms with E-state index >= 15 is 0 Å². The smallest absolute Gasteiger partial charge is 0.194 e. The van der Waals surface area contributed by atoms with Crippen molar-refractivity contribution >= 4 is 41.7 Å². The zero-order valence-corrected chi connectivity index (χ0v) is 17.3. The van der Waals surface area contributed by atoms with Crippen LogP contribution >= 0.6 is 35.7 Å². The van der Waals surface area contributed by atoms with Crippen molar-refractivity contribution < 1.29 is 4.74 Å². The molecule has 1 aromatic rings. The van der Waals surface area contributed by atoms with E-state index in [0.717, 1.165) is 56.5 Å². The minimum Gasteiger partial charge on any atom is -0.370 e. The molecule has 1 unspecified atom stereocenters. The van der Waals surface area contributed by atoms with Gasteiger partial charge in [-0.2, -0.15) is 16.9 Å². The molecule has 1 saturated heterocycles. The first-order chi connectivity index (χ1) is 10.7. The summed E-state index contributed by atoms with van der Waals surface area (Å²) in [4.78, 5) is 7.05. The number of hydrogen-bond acceptors (Lipinski definition) is 4. The largest absolute Gasteiger partial charge is 0.370 e. The molecule has 1 aromatic heterocycles. The van der Waals surface area contributed by atoms with Crippen LogP contribution in [0.5, 0.6) is 0 Å². The quantitative estimate of drug-likeness (QED) is 0.310. The van der Waals surface area contributed by atoms with Gasteiger partial charge in [-0.05, 0) is 25.4 Å². The van der Waals surface area contributed by atoms with E-state index in [1.54, 1.807) is 0 Å². The molecular formula is C15H28IN5OS. The molecule has 2 heterocycles. The lowest BCUT2D eigenvalue weighted by Crippen LogP contribution is -2.48. The summed E-state index contributed by atoms with van der Waals surface area (Å²) in [7, 11) is 1.93. The van der Waals surface area contributed by atoms with Gasteiger partial charge in [-0.3, -0.25) is 9.67 Å². The number of aliphatic imine (C=N–C) groups is 1. The van der Waals surface area contributed by atoms with Crippen LogP contribution in [0.2, 0.25) is 0 Å². The van der Waals surface area contributed by atoms with E-state index in [-0.39, 0.29) is 30.1 Å². The lowest BCUT2D eigenvalue weighted by molar-refractivity contribution is -0.00803. The summed E-state index contributed by atoms with van der Waals surface area (Å²) in [5, 5.41) is 7.64. The zero-order chi connectivity index (χ0) is 15.8. The number of hydrogen-bond donors (Lipinski definition) is 1. The fourth-order valence-electron chi connectivity index (χ4n) is 2.47. The van der Waals surface area contributed by atoms with Gasteiger partial charge in [-0.25, -0.2) is 0 Å². The summed E-state index contributed by atoms with van der Waals surface area (Å²) in [6, 6.07) is 0. The monoisotopic (exact) mass is 453 g/mol. The molecule has 1 fully saturated rings. The molecule has 1 aliphatic rings. The number of aromatic nitrogens is 2. The number of nitrogens with zero attached hydrogens (tertiary/aromatic N) is 4. The highest BCUT2D eigenvalue weighted by molar-refractivity contribution is 14.0. The van der Waals surface area contributed by atoms with Crippen LogP contribution in [0.15, 0.2) is 17.4 Å². The maximum atomic E-state index is 5.90. The number of guanidine groups is 1. The van der Waals surface area contributed by atoms with E-state index in [1.165, 1.54) is 0 Å². The first kappa shape index (κ1) is 20.6. The number of nitrogens with one attached hydrogen (secondary N) is 1. The van der Waals surface area contributed by atoms with Gasteiger partial charge < -0.3 is 15.0 Å². The van der Waals surface area contributed by atoms with Crippen LogP contribution in [-0.4, -0.2) is 65.4 Å². The molecule has 132 valence electrons. The van der Waals surface area contributed by atoms with Gasteiger partial charge >= 0.3 is 0 Å². The minimum atomic E-state index is 0. The van der Waals surface area contributed by atoms with Crippen molar-refractivity contribution in [3.63, 3.8) is 0 Å². The number of morpholine rings is 1. The van der Waals surface area contributed by atoms with Gasteiger partial charge in [0.25, 0.3) is 0 Å². The Labute approximate surface area is 160 Å². The van der Waals surface area contributed by atoms with Gasteiger partial charge in [-0.1, -0.05) is 0 Å². The minimum absolute atomic E-state index is 0.